The Balaban J connectivity index is 0.000000268. The molecule has 0 heterocycles. The van der Waals surface area contributed by atoms with Crippen molar-refractivity contribution in [2.75, 3.05) is 7.11 Å². The number of benzene rings is 6. The van der Waals surface area contributed by atoms with Crippen LogP contribution in [0.3, 0.4) is 0 Å². The average Bonchev–Trinajstić information content (AvgIpc) is 3.60. The maximum absolute atomic E-state index is 12.7. The van der Waals surface area contributed by atoms with Crippen LogP contribution in [0.2, 0.25) is 20.1 Å². The number of unbranched alkanes of at least 4 members (excludes halogenated alkanes) is 6. The second-order valence-corrected chi connectivity index (χ2v) is 27.4. The fourth-order valence-electron chi connectivity index (χ4n) is 8.63. The lowest BCUT2D eigenvalue weighted by atomic mass is 10.0. The Morgan fingerprint density at radius 1 is 0.446 bits per heavy atom. The van der Waals surface area contributed by atoms with E-state index in [0.29, 0.717) is 69.9 Å². The topological polar surface area (TPSA) is 224 Å². The maximum Gasteiger partial charge on any atom is 0.416 e. The monoisotopic (exact) mass is 1290 g/mol. The summed E-state index contributed by atoms with van der Waals surface area (Å²) in [7, 11) is -10.4. The number of carboxylic acid groups (broad SMARTS) is 3. The molecule has 0 aromatic heterocycles. The first-order valence-corrected chi connectivity index (χ1v) is 32.4. The summed E-state index contributed by atoms with van der Waals surface area (Å²) in [6, 6.07) is 35.4. The van der Waals surface area contributed by atoms with Crippen LogP contribution < -0.4 is 4.74 Å². The summed E-state index contributed by atoms with van der Waals surface area (Å²) >= 11 is 23.7. The number of hydrogen-bond donors (Lipinski definition) is 3. The molecule has 6 aromatic rings. The maximum atomic E-state index is 12.7. The van der Waals surface area contributed by atoms with E-state index in [4.69, 9.17) is 51.1 Å². The van der Waals surface area contributed by atoms with Gasteiger partial charge in [0.1, 0.15) is 5.75 Å². The molecule has 3 N–H and O–H groups in total. The fourth-order valence-corrected chi connectivity index (χ4v) is 14.1. The Bertz CT molecular complexity index is 3420. The van der Waals surface area contributed by atoms with Crippen LogP contribution >= 0.6 is 46.4 Å². The smallest absolute Gasteiger partial charge is 0.416 e. The second-order valence-electron chi connectivity index (χ2n) is 19.4. The highest BCUT2D eigenvalue weighted by molar-refractivity contribution is 7.93. The quantitative estimate of drug-likeness (QED) is 0.0389. The minimum Gasteiger partial charge on any atom is -0.497 e. The summed E-state index contributed by atoms with van der Waals surface area (Å²) in [6.07, 6.45) is 3.12. The number of carboxylic acids is 3. The van der Waals surface area contributed by atoms with Crippen molar-refractivity contribution in [2.24, 2.45) is 0 Å². The van der Waals surface area contributed by atoms with Gasteiger partial charge in [-0.1, -0.05) is 151 Å². The number of hydrogen-bond acceptors (Lipinski definition) is 10. The second kappa shape index (κ2) is 33.1. The van der Waals surface area contributed by atoms with E-state index in [-0.39, 0.29) is 33.9 Å². The number of sulfone groups is 3. The van der Waals surface area contributed by atoms with Crippen LogP contribution in [0.5, 0.6) is 5.75 Å². The standard InChI is InChI=1S/C21H23F3O5S.C20H22Cl2O4S.C19H20Cl2O4S/c1-29-17-10-12-18(13-11-17)30(27,28)19(20(25)26)9-4-2-3-6-15-7-5-8-16(14-15)21(22,23)24;1-14-7-10-16(11-8-14)27(25,26)19(20(23)24)6-4-2-3-5-15-9-12-17(21)18(22)13-15;20-16-12-11-14(13-17(16)21)7-3-1-6-10-18(19(22)23)26(24,25)15-8-4-2-5-9-15/h5,7-8,10-14,19H,2-4,6,9H2,1H3,(H,25,26);7-13,19H,2-6H2,1H3,(H,23,24);2,4-5,8-9,11-13,18H,1,3,6-7,10H2,(H,22,23). The predicted octanol–water partition coefficient (Wildman–Crippen LogP) is 15.1. The molecule has 0 saturated carbocycles. The van der Waals surface area contributed by atoms with E-state index in [1.54, 1.807) is 48.5 Å². The number of halogens is 7. The molecule has 0 radical (unpaired) electrons. The first kappa shape index (κ1) is 69.8. The number of methoxy groups -OCH3 is 1. The highest BCUT2D eigenvalue weighted by atomic mass is 35.5. The third kappa shape index (κ3) is 22.0. The van der Waals surface area contributed by atoms with E-state index in [9.17, 15) is 68.1 Å². The Morgan fingerprint density at radius 2 is 0.807 bits per heavy atom. The first-order chi connectivity index (χ1) is 39.1. The normalized spacial score (nSPS) is 12.8. The molecule has 0 aliphatic rings. The van der Waals surface area contributed by atoms with Gasteiger partial charge >= 0.3 is 24.1 Å². The zero-order valence-corrected chi connectivity index (χ0v) is 50.9. The Hall–Kier alpha value is -5.67. The molecule has 13 nitrogen and oxygen atoms in total. The zero-order chi connectivity index (χ0) is 61.5. The Morgan fingerprint density at radius 3 is 1.16 bits per heavy atom. The van der Waals surface area contributed by atoms with Gasteiger partial charge in [-0.15, -0.1) is 0 Å². The van der Waals surface area contributed by atoms with Gasteiger partial charge in [0.05, 0.1) is 47.5 Å². The van der Waals surface area contributed by atoms with Gasteiger partial charge in [0.15, 0.2) is 45.3 Å². The predicted molar refractivity (Wildman–Crippen MR) is 317 cm³/mol. The fraction of sp³-hybridized carbons (Fsp3) is 0.350. The molecule has 6 aromatic carbocycles. The molecule has 450 valence electrons. The summed E-state index contributed by atoms with van der Waals surface area (Å²) in [6.45, 7) is 1.85. The lowest BCUT2D eigenvalue weighted by Gasteiger charge is -2.14. The SMILES string of the molecule is COc1ccc(S(=O)(=O)C(CCCCCc2cccc(C(F)(F)F)c2)C(=O)O)cc1.Cc1ccc(S(=O)(=O)C(CCCCCc2ccc(Cl)c(Cl)c2)C(=O)O)cc1.O=C(O)C(CCCCCc1ccc(Cl)c(Cl)c1)S(=O)(=O)c1ccccc1. The van der Waals surface area contributed by atoms with E-state index in [2.05, 4.69) is 0 Å². The molecule has 0 amide bonds. The van der Waals surface area contributed by atoms with Crippen molar-refractivity contribution in [1.29, 1.82) is 0 Å². The summed E-state index contributed by atoms with van der Waals surface area (Å²) < 4.78 is 119. The minimum absolute atomic E-state index is 0.0446. The van der Waals surface area contributed by atoms with Crippen LogP contribution in [0.15, 0.2) is 154 Å². The lowest BCUT2D eigenvalue weighted by Crippen LogP contribution is -2.30. The third-order valence-electron chi connectivity index (χ3n) is 13.3. The summed E-state index contributed by atoms with van der Waals surface area (Å²) in [4.78, 5) is 34.6. The number of rotatable bonds is 28. The van der Waals surface area contributed by atoms with Crippen LogP contribution in [-0.4, -0.2) is 81.3 Å². The van der Waals surface area contributed by atoms with E-state index < -0.39 is 74.9 Å². The lowest BCUT2D eigenvalue weighted by molar-refractivity contribution is -0.138. The van der Waals surface area contributed by atoms with E-state index in [1.807, 2.05) is 31.2 Å². The highest BCUT2D eigenvalue weighted by Gasteiger charge is 2.36. The van der Waals surface area contributed by atoms with E-state index in [1.165, 1.54) is 61.7 Å². The largest absolute Gasteiger partial charge is 0.497 e. The van der Waals surface area contributed by atoms with Crippen molar-refractivity contribution in [3.05, 3.63) is 187 Å². The van der Waals surface area contributed by atoms with E-state index >= 15 is 0 Å². The summed E-state index contributed by atoms with van der Waals surface area (Å²) in [5.41, 5.74) is 2.84. The van der Waals surface area contributed by atoms with Crippen molar-refractivity contribution in [3.8, 4) is 5.75 Å². The molecule has 0 bridgehead atoms. The van der Waals surface area contributed by atoms with Gasteiger partial charge in [0, 0.05) is 0 Å². The van der Waals surface area contributed by atoms with Gasteiger partial charge < -0.3 is 20.1 Å². The first-order valence-electron chi connectivity index (χ1n) is 26.3. The number of alkyl halides is 3. The number of carbonyl (C=O) groups is 3. The molecule has 0 aliphatic carbocycles. The molecule has 0 saturated heterocycles. The van der Waals surface area contributed by atoms with Crippen molar-refractivity contribution < 1.29 is 72.9 Å². The van der Waals surface area contributed by atoms with Gasteiger partial charge in [-0.2, -0.15) is 13.2 Å². The molecule has 0 aliphatic heterocycles. The molecule has 6 rings (SSSR count). The molecule has 23 heteroatoms. The number of aryl methyl sites for hydroxylation is 4. The van der Waals surface area contributed by atoms with Gasteiger partial charge in [-0.3, -0.25) is 14.4 Å². The van der Waals surface area contributed by atoms with Crippen LogP contribution in [0.4, 0.5) is 13.2 Å². The highest BCUT2D eigenvalue weighted by Crippen LogP contribution is 2.31. The van der Waals surface area contributed by atoms with Gasteiger partial charge in [0.25, 0.3) is 0 Å². The molecular weight excluding hydrogens is 1220 g/mol. The minimum atomic E-state index is -4.40. The number of aliphatic carboxylic acids is 3. The van der Waals surface area contributed by atoms with Gasteiger partial charge in [-0.25, -0.2) is 25.3 Å². The molecule has 0 fully saturated rings. The summed E-state index contributed by atoms with van der Waals surface area (Å²) in [5.74, 6) is -3.59. The molecular formula is C60H65Cl4F3O13S3. The Kier molecular flexibility index (Phi) is 27.9. The third-order valence-corrected chi connectivity index (χ3v) is 21.1. The average molecular weight is 1290 g/mol. The van der Waals surface area contributed by atoms with Crippen LogP contribution in [0, 0.1) is 6.92 Å². The molecule has 3 atom stereocenters. The van der Waals surface area contributed by atoms with Crippen molar-refractivity contribution in [1.82, 2.24) is 0 Å². The van der Waals surface area contributed by atoms with Gasteiger partial charge in [0.2, 0.25) is 0 Å². The molecule has 83 heavy (non-hydrogen) atoms. The van der Waals surface area contributed by atoms with Crippen LogP contribution in [0.1, 0.15) is 105 Å². The van der Waals surface area contributed by atoms with Crippen LogP contribution in [0.25, 0.3) is 0 Å². The van der Waals surface area contributed by atoms with E-state index in [0.717, 1.165) is 67.3 Å². The Labute approximate surface area is 503 Å². The van der Waals surface area contributed by atoms with Crippen molar-refractivity contribution in [3.63, 3.8) is 0 Å². The van der Waals surface area contributed by atoms with Crippen LogP contribution in [-0.2, 0) is 69.3 Å². The van der Waals surface area contributed by atoms with Crippen molar-refractivity contribution in [2.45, 2.75) is 140 Å². The van der Waals surface area contributed by atoms with Gasteiger partial charge in [-0.05, 0) is 160 Å². The van der Waals surface area contributed by atoms with Crippen molar-refractivity contribution >= 4 is 93.8 Å². The number of ether oxygens (including phenoxy) is 1. The zero-order valence-electron chi connectivity index (χ0n) is 45.4. The summed E-state index contributed by atoms with van der Waals surface area (Å²) in [5, 5.41) is 25.8. The molecule has 3 unspecified atom stereocenters. The molecule has 0 spiro atoms.